The van der Waals surface area contributed by atoms with Gasteiger partial charge in [0.15, 0.2) is 0 Å². The first-order valence-corrected chi connectivity index (χ1v) is 6.80. The molecule has 0 bridgehead atoms. The highest BCUT2D eigenvalue weighted by Crippen LogP contribution is 2.20. The molecule has 1 saturated heterocycles. The van der Waals surface area contributed by atoms with Crippen molar-refractivity contribution in [3.63, 3.8) is 0 Å². The van der Waals surface area contributed by atoms with E-state index >= 15 is 0 Å². The van der Waals surface area contributed by atoms with E-state index in [0.717, 1.165) is 24.1 Å². The number of rotatable bonds is 4. The SMILES string of the molecule is O=C(NCC1CCCN1)c1[nH]ncc1-c1ccncc1. The van der Waals surface area contributed by atoms with Crippen LogP contribution in [0.2, 0.25) is 0 Å². The number of nitrogens with zero attached hydrogens (tertiary/aromatic N) is 2. The fourth-order valence-electron chi connectivity index (χ4n) is 2.44. The molecular weight excluding hydrogens is 254 g/mol. The Labute approximate surface area is 117 Å². The first kappa shape index (κ1) is 12.8. The highest BCUT2D eigenvalue weighted by molar-refractivity contribution is 5.98. The van der Waals surface area contributed by atoms with Gasteiger partial charge in [-0.25, -0.2) is 0 Å². The number of hydrogen-bond donors (Lipinski definition) is 3. The molecule has 2 aromatic rings. The molecule has 3 N–H and O–H groups in total. The molecule has 104 valence electrons. The van der Waals surface area contributed by atoms with Gasteiger partial charge in [0.25, 0.3) is 5.91 Å². The van der Waals surface area contributed by atoms with Crippen molar-refractivity contribution >= 4 is 5.91 Å². The molecule has 3 heterocycles. The summed E-state index contributed by atoms with van der Waals surface area (Å²) in [6.07, 6.45) is 7.35. The maximum atomic E-state index is 12.2. The van der Waals surface area contributed by atoms with Crippen LogP contribution in [0.25, 0.3) is 11.1 Å². The molecule has 1 atom stereocenters. The normalized spacial score (nSPS) is 18.1. The van der Waals surface area contributed by atoms with E-state index in [4.69, 9.17) is 0 Å². The molecular formula is C14H17N5O. The van der Waals surface area contributed by atoms with Crippen molar-refractivity contribution in [1.82, 2.24) is 25.8 Å². The summed E-state index contributed by atoms with van der Waals surface area (Å²) in [4.78, 5) is 16.2. The number of pyridine rings is 1. The molecule has 2 aromatic heterocycles. The number of carbonyl (C=O) groups is 1. The Morgan fingerprint density at radius 3 is 3.00 bits per heavy atom. The fraction of sp³-hybridized carbons (Fsp3) is 0.357. The van der Waals surface area contributed by atoms with E-state index in [9.17, 15) is 4.79 Å². The average molecular weight is 271 g/mol. The third-order valence-electron chi connectivity index (χ3n) is 3.53. The topological polar surface area (TPSA) is 82.7 Å². The summed E-state index contributed by atoms with van der Waals surface area (Å²) < 4.78 is 0. The molecule has 0 aromatic carbocycles. The number of aromatic nitrogens is 3. The molecule has 1 aliphatic rings. The second kappa shape index (κ2) is 5.83. The standard InChI is InChI=1S/C14H17N5O/c20-14(17-8-11-2-1-5-16-11)13-12(9-18-19-13)10-3-6-15-7-4-10/h3-4,6-7,9,11,16H,1-2,5,8H2,(H,17,20)(H,18,19). The number of nitrogens with one attached hydrogen (secondary N) is 3. The van der Waals surface area contributed by atoms with E-state index in [1.54, 1.807) is 18.6 Å². The second-order valence-electron chi connectivity index (χ2n) is 4.90. The molecule has 3 rings (SSSR count). The van der Waals surface area contributed by atoms with E-state index in [2.05, 4.69) is 25.8 Å². The zero-order valence-electron chi connectivity index (χ0n) is 11.1. The van der Waals surface area contributed by atoms with Gasteiger partial charge < -0.3 is 10.6 Å². The number of H-pyrrole nitrogens is 1. The Morgan fingerprint density at radius 1 is 1.40 bits per heavy atom. The Morgan fingerprint density at radius 2 is 2.25 bits per heavy atom. The van der Waals surface area contributed by atoms with Crippen molar-refractivity contribution in [3.8, 4) is 11.1 Å². The second-order valence-corrected chi connectivity index (χ2v) is 4.90. The lowest BCUT2D eigenvalue weighted by atomic mass is 10.1. The number of aromatic amines is 1. The van der Waals surface area contributed by atoms with Crippen molar-refractivity contribution in [2.45, 2.75) is 18.9 Å². The summed E-state index contributed by atoms with van der Waals surface area (Å²) >= 11 is 0. The van der Waals surface area contributed by atoms with Crippen molar-refractivity contribution in [3.05, 3.63) is 36.4 Å². The van der Waals surface area contributed by atoms with Crippen molar-refractivity contribution < 1.29 is 4.79 Å². The highest BCUT2D eigenvalue weighted by Gasteiger charge is 2.18. The average Bonchev–Trinajstić information content (AvgIpc) is 3.17. The largest absolute Gasteiger partial charge is 0.349 e. The van der Waals surface area contributed by atoms with Crippen LogP contribution in [-0.2, 0) is 0 Å². The molecule has 1 aliphatic heterocycles. The van der Waals surface area contributed by atoms with Gasteiger partial charge in [-0.1, -0.05) is 0 Å². The summed E-state index contributed by atoms with van der Waals surface area (Å²) in [5, 5.41) is 13.1. The minimum atomic E-state index is -0.122. The van der Waals surface area contributed by atoms with E-state index in [1.807, 2.05) is 12.1 Å². The highest BCUT2D eigenvalue weighted by atomic mass is 16.1. The van der Waals surface area contributed by atoms with Gasteiger partial charge in [-0.15, -0.1) is 0 Å². The molecule has 6 heteroatoms. The lowest BCUT2D eigenvalue weighted by molar-refractivity contribution is 0.0946. The molecule has 20 heavy (non-hydrogen) atoms. The maximum Gasteiger partial charge on any atom is 0.269 e. The Balaban J connectivity index is 1.70. The third-order valence-corrected chi connectivity index (χ3v) is 3.53. The van der Waals surface area contributed by atoms with Gasteiger partial charge in [-0.05, 0) is 37.1 Å². The minimum absolute atomic E-state index is 0.122. The number of hydrogen-bond acceptors (Lipinski definition) is 4. The monoisotopic (exact) mass is 271 g/mol. The van der Waals surface area contributed by atoms with Gasteiger partial charge in [0.05, 0.1) is 6.20 Å². The molecule has 0 spiro atoms. The van der Waals surface area contributed by atoms with Crippen LogP contribution in [-0.4, -0.2) is 40.2 Å². The minimum Gasteiger partial charge on any atom is -0.349 e. The molecule has 1 amide bonds. The fourth-order valence-corrected chi connectivity index (χ4v) is 2.44. The summed E-state index contributed by atoms with van der Waals surface area (Å²) in [7, 11) is 0. The predicted molar refractivity (Wildman–Crippen MR) is 75.2 cm³/mol. The predicted octanol–water partition coefficient (Wildman–Crippen LogP) is 0.953. The Kier molecular flexibility index (Phi) is 3.73. The van der Waals surface area contributed by atoms with Crippen LogP contribution < -0.4 is 10.6 Å². The van der Waals surface area contributed by atoms with Crippen LogP contribution in [0.3, 0.4) is 0 Å². The summed E-state index contributed by atoms with van der Waals surface area (Å²) in [6.45, 7) is 1.68. The van der Waals surface area contributed by atoms with Gasteiger partial charge in [0, 0.05) is 30.5 Å². The third kappa shape index (κ3) is 2.70. The summed E-state index contributed by atoms with van der Waals surface area (Å²) in [6, 6.07) is 4.10. The van der Waals surface area contributed by atoms with Gasteiger partial charge in [0.1, 0.15) is 5.69 Å². The lowest BCUT2D eigenvalue weighted by Crippen LogP contribution is -2.37. The Hall–Kier alpha value is -2.21. The molecule has 1 unspecified atom stereocenters. The van der Waals surface area contributed by atoms with Gasteiger partial charge in [-0.2, -0.15) is 5.10 Å². The molecule has 6 nitrogen and oxygen atoms in total. The van der Waals surface area contributed by atoms with Crippen LogP contribution in [0.1, 0.15) is 23.3 Å². The van der Waals surface area contributed by atoms with Crippen LogP contribution in [0.4, 0.5) is 0 Å². The first-order valence-electron chi connectivity index (χ1n) is 6.80. The smallest absolute Gasteiger partial charge is 0.269 e. The van der Waals surface area contributed by atoms with Crippen molar-refractivity contribution in [1.29, 1.82) is 0 Å². The maximum absolute atomic E-state index is 12.2. The van der Waals surface area contributed by atoms with Crippen molar-refractivity contribution in [2.75, 3.05) is 13.1 Å². The van der Waals surface area contributed by atoms with Crippen molar-refractivity contribution in [2.24, 2.45) is 0 Å². The van der Waals surface area contributed by atoms with E-state index < -0.39 is 0 Å². The molecule has 0 saturated carbocycles. The molecule has 1 fully saturated rings. The van der Waals surface area contributed by atoms with E-state index in [0.29, 0.717) is 18.3 Å². The summed E-state index contributed by atoms with van der Waals surface area (Å²) in [5.41, 5.74) is 2.22. The van der Waals surface area contributed by atoms with E-state index in [-0.39, 0.29) is 5.91 Å². The molecule has 0 aliphatic carbocycles. The number of carbonyl (C=O) groups excluding carboxylic acids is 1. The van der Waals surface area contributed by atoms with Gasteiger partial charge in [0.2, 0.25) is 0 Å². The number of amides is 1. The van der Waals surface area contributed by atoms with E-state index in [1.165, 1.54) is 6.42 Å². The van der Waals surface area contributed by atoms with Crippen LogP contribution in [0, 0.1) is 0 Å². The van der Waals surface area contributed by atoms with Gasteiger partial charge >= 0.3 is 0 Å². The zero-order valence-corrected chi connectivity index (χ0v) is 11.1. The summed E-state index contributed by atoms with van der Waals surface area (Å²) in [5.74, 6) is -0.122. The molecule has 0 radical (unpaired) electrons. The Bertz CT molecular complexity index is 574. The van der Waals surface area contributed by atoms with Crippen LogP contribution in [0.15, 0.2) is 30.7 Å². The van der Waals surface area contributed by atoms with Gasteiger partial charge in [-0.3, -0.25) is 14.9 Å². The first-order chi connectivity index (χ1) is 9.84. The van der Waals surface area contributed by atoms with Crippen LogP contribution >= 0.6 is 0 Å². The zero-order chi connectivity index (χ0) is 13.8. The lowest BCUT2D eigenvalue weighted by Gasteiger charge is -2.11. The van der Waals surface area contributed by atoms with Crippen LogP contribution in [0.5, 0.6) is 0 Å². The quantitative estimate of drug-likeness (QED) is 0.773.